The summed E-state index contributed by atoms with van der Waals surface area (Å²) < 4.78 is 26.6. The molecule has 3 aliphatic heterocycles. The van der Waals surface area contributed by atoms with Gasteiger partial charge in [0.25, 0.3) is 0 Å². The van der Waals surface area contributed by atoms with Crippen LogP contribution in [0.2, 0.25) is 0 Å². The maximum Gasteiger partial charge on any atom is 0.240 e. The summed E-state index contributed by atoms with van der Waals surface area (Å²) in [6, 6.07) is 8.52. The highest BCUT2D eigenvalue weighted by molar-refractivity contribution is 6.24. The fraction of sp³-hybridized carbons (Fsp3) is 0.182. The molecule has 2 saturated heterocycles. The van der Waals surface area contributed by atoms with E-state index in [9.17, 15) is 23.2 Å². The molecule has 2 aromatic carbocycles. The Morgan fingerprint density at radius 1 is 0.867 bits per heavy atom. The van der Waals surface area contributed by atoms with Gasteiger partial charge in [-0.15, -0.1) is 0 Å². The molecule has 4 atom stereocenters. The third-order valence-corrected chi connectivity index (χ3v) is 5.77. The van der Waals surface area contributed by atoms with E-state index in [1.807, 2.05) is 0 Å². The lowest BCUT2D eigenvalue weighted by Gasteiger charge is -2.30. The first-order chi connectivity index (χ1) is 14.5. The topological polar surface area (TPSA) is 70.0 Å². The van der Waals surface area contributed by atoms with Crippen molar-refractivity contribution in [2.45, 2.75) is 12.1 Å². The molecular weight excluding hydrogens is 392 g/mol. The predicted molar refractivity (Wildman–Crippen MR) is 104 cm³/mol. The molecule has 4 unspecified atom stereocenters. The van der Waals surface area contributed by atoms with Crippen LogP contribution in [-0.2, 0) is 9.59 Å². The average molecular weight is 407 g/mol. The molecule has 0 saturated carbocycles. The molecule has 3 heterocycles. The Morgan fingerprint density at radius 3 is 2.13 bits per heavy atom. The first-order valence-corrected chi connectivity index (χ1v) is 9.39. The van der Waals surface area contributed by atoms with Crippen molar-refractivity contribution in [1.29, 1.82) is 0 Å². The predicted octanol–water partition coefficient (Wildman–Crippen LogP) is 2.56. The third kappa shape index (κ3) is 2.60. The van der Waals surface area contributed by atoms with Gasteiger partial charge in [-0.2, -0.15) is 5.10 Å². The number of allylic oxidation sites excluding steroid dienone is 1. The normalized spacial score (nSPS) is 26.9. The van der Waals surface area contributed by atoms with E-state index in [1.54, 1.807) is 12.2 Å². The van der Waals surface area contributed by atoms with Crippen LogP contribution in [0.15, 0.2) is 65.8 Å². The van der Waals surface area contributed by atoms with Crippen molar-refractivity contribution in [3.8, 4) is 0 Å². The molecular formula is C22H15F2N3O3. The quantitative estimate of drug-likeness (QED) is 0.579. The summed E-state index contributed by atoms with van der Waals surface area (Å²) in [5.74, 6) is -4.13. The number of ketones is 1. The Bertz CT molecular complexity index is 1110. The molecule has 6 nitrogen and oxygen atoms in total. The highest BCUT2D eigenvalue weighted by Crippen LogP contribution is 2.46. The second-order valence-corrected chi connectivity index (χ2v) is 7.38. The van der Waals surface area contributed by atoms with Crippen LogP contribution >= 0.6 is 0 Å². The molecule has 0 aliphatic carbocycles. The molecule has 30 heavy (non-hydrogen) atoms. The lowest BCUT2D eigenvalue weighted by atomic mass is 9.86. The number of hydrogen-bond acceptors (Lipinski definition) is 5. The molecule has 3 aliphatic rings. The van der Waals surface area contributed by atoms with Crippen molar-refractivity contribution < 1.29 is 23.2 Å². The fourth-order valence-electron chi connectivity index (χ4n) is 4.47. The van der Waals surface area contributed by atoms with E-state index >= 15 is 0 Å². The number of imide groups is 1. The van der Waals surface area contributed by atoms with Crippen molar-refractivity contribution >= 4 is 29.5 Å². The summed E-state index contributed by atoms with van der Waals surface area (Å²) in [6.45, 7) is 0. The molecule has 2 aromatic rings. The van der Waals surface area contributed by atoms with Crippen LogP contribution < -0.4 is 4.90 Å². The number of rotatable bonds is 3. The number of hydrazone groups is 1. The SMILES string of the molecule is O=C(c1ccc(F)cc1)C1C2C(=O)N(c3ccc(F)cc3)C(=O)C2C2C=CC=NN21. The third-order valence-electron chi connectivity index (χ3n) is 5.77. The standard InChI is InChI=1S/C22H15F2N3O3/c23-13-5-3-12(4-6-13)20(28)19-18-17(16-2-1-11-25-27(16)19)21(29)26(22(18)30)15-9-7-14(24)8-10-15/h1-11,16-19H. The number of halogens is 2. The van der Waals surface area contributed by atoms with E-state index in [0.29, 0.717) is 0 Å². The molecule has 0 N–H and O–H groups in total. The van der Waals surface area contributed by atoms with E-state index in [0.717, 1.165) is 4.90 Å². The van der Waals surface area contributed by atoms with Crippen molar-refractivity contribution in [1.82, 2.24) is 5.01 Å². The summed E-state index contributed by atoms with van der Waals surface area (Å²) >= 11 is 0. The Labute approximate surface area is 170 Å². The fourth-order valence-corrected chi connectivity index (χ4v) is 4.47. The van der Waals surface area contributed by atoms with Crippen molar-refractivity contribution in [2.75, 3.05) is 4.90 Å². The van der Waals surface area contributed by atoms with Crippen LogP contribution in [0.25, 0.3) is 0 Å². The number of carbonyl (C=O) groups is 3. The van der Waals surface area contributed by atoms with Gasteiger partial charge in [0, 0.05) is 11.8 Å². The molecule has 0 radical (unpaired) electrons. The highest BCUT2D eigenvalue weighted by atomic mass is 19.1. The number of carbonyl (C=O) groups excluding carboxylic acids is 3. The number of hydrogen-bond donors (Lipinski definition) is 0. The van der Waals surface area contributed by atoms with Gasteiger partial charge in [0.05, 0.1) is 23.6 Å². The lowest BCUT2D eigenvalue weighted by molar-refractivity contribution is -0.123. The zero-order chi connectivity index (χ0) is 21.0. The summed E-state index contributed by atoms with van der Waals surface area (Å²) in [7, 11) is 0. The molecule has 0 bridgehead atoms. The Morgan fingerprint density at radius 2 is 1.47 bits per heavy atom. The monoisotopic (exact) mass is 407 g/mol. The first kappa shape index (κ1) is 18.4. The van der Waals surface area contributed by atoms with Crippen LogP contribution in [0.5, 0.6) is 0 Å². The average Bonchev–Trinajstić information content (AvgIpc) is 3.22. The van der Waals surface area contributed by atoms with Crippen LogP contribution in [-0.4, -0.2) is 40.9 Å². The van der Waals surface area contributed by atoms with Gasteiger partial charge in [0.15, 0.2) is 5.78 Å². The Hall–Kier alpha value is -3.68. The lowest BCUT2D eigenvalue weighted by Crippen LogP contribution is -2.46. The Kier molecular flexibility index (Phi) is 4.09. The number of benzene rings is 2. The van der Waals surface area contributed by atoms with Gasteiger partial charge >= 0.3 is 0 Å². The van der Waals surface area contributed by atoms with Gasteiger partial charge in [0.2, 0.25) is 11.8 Å². The first-order valence-electron chi connectivity index (χ1n) is 9.39. The maximum atomic E-state index is 13.3. The van der Waals surface area contributed by atoms with Crippen molar-refractivity contribution in [3.05, 3.63) is 77.9 Å². The van der Waals surface area contributed by atoms with Crippen molar-refractivity contribution in [2.24, 2.45) is 16.9 Å². The highest BCUT2D eigenvalue weighted by Gasteiger charge is 2.64. The summed E-state index contributed by atoms with van der Waals surface area (Å²) in [5, 5.41) is 5.74. The van der Waals surface area contributed by atoms with E-state index in [2.05, 4.69) is 5.10 Å². The molecule has 0 spiro atoms. The maximum absolute atomic E-state index is 13.3. The second kappa shape index (κ2) is 6.69. The largest absolute Gasteiger partial charge is 0.292 e. The minimum Gasteiger partial charge on any atom is -0.292 e. The van der Waals surface area contributed by atoms with Crippen LogP contribution in [0.4, 0.5) is 14.5 Å². The smallest absolute Gasteiger partial charge is 0.240 e. The van der Waals surface area contributed by atoms with E-state index < -0.39 is 53.2 Å². The molecule has 5 rings (SSSR count). The minimum absolute atomic E-state index is 0.228. The zero-order valence-corrected chi connectivity index (χ0v) is 15.5. The van der Waals surface area contributed by atoms with Gasteiger partial charge in [-0.3, -0.25) is 19.4 Å². The van der Waals surface area contributed by atoms with Gasteiger partial charge in [-0.05, 0) is 54.6 Å². The van der Waals surface area contributed by atoms with Gasteiger partial charge in [-0.1, -0.05) is 6.08 Å². The van der Waals surface area contributed by atoms with Crippen molar-refractivity contribution in [3.63, 3.8) is 0 Å². The molecule has 150 valence electrons. The van der Waals surface area contributed by atoms with Crippen LogP contribution in [0, 0.1) is 23.5 Å². The van der Waals surface area contributed by atoms with E-state index in [4.69, 9.17) is 0 Å². The molecule has 2 amide bonds. The van der Waals surface area contributed by atoms with Gasteiger partial charge in [-0.25, -0.2) is 13.7 Å². The number of nitrogens with zero attached hydrogens (tertiary/aromatic N) is 3. The molecule has 8 heteroatoms. The Balaban J connectivity index is 1.57. The summed E-state index contributed by atoms with van der Waals surface area (Å²) in [5.41, 5.74) is 0.481. The summed E-state index contributed by atoms with van der Waals surface area (Å²) in [6.07, 6.45) is 4.90. The number of anilines is 1. The molecule has 0 aromatic heterocycles. The molecule has 2 fully saturated rings. The van der Waals surface area contributed by atoms with Gasteiger partial charge in [0.1, 0.15) is 17.7 Å². The minimum atomic E-state index is -1.01. The number of fused-ring (bicyclic) bond motifs is 3. The van der Waals surface area contributed by atoms with Gasteiger partial charge < -0.3 is 0 Å². The zero-order valence-electron chi connectivity index (χ0n) is 15.5. The van der Waals surface area contributed by atoms with E-state index in [-0.39, 0.29) is 11.3 Å². The van der Waals surface area contributed by atoms with E-state index in [1.165, 1.54) is 59.8 Å². The second-order valence-electron chi connectivity index (χ2n) is 7.38. The summed E-state index contributed by atoms with van der Waals surface area (Å²) in [4.78, 5) is 40.9. The van der Waals surface area contributed by atoms with Crippen LogP contribution in [0.1, 0.15) is 10.4 Å². The number of Topliss-reactive ketones (excluding diaryl/α,β-unsaturated/α-hetero) is 1. The van der Waals surface area contributed by atoms with Crippen LogP contribution in [0.3, 0.4) is 0 Å². The number of amides is 2.